The number of carbonyl (C=O) groups is 3. The van der Waals surface area contributed by atoms with Gasteiger partial charge in [0.05, 0.1) is 13.2 Å². The van der Waals surface area contributed by atoms with Crippen LogP contribution in [-0.2, 0) is 61.2 Å². The summed E-state index contributed by atoms with van der Waals surface area (Å²) in [6.07, 6.45) is 18.5. The van der Waals surface area contributed by atoms with Gasteiger partial charge in [-0.05, 0) is 19.3 Å². The van der Waals surface area contributed by atoms with E-state index in [1.165, 1.54) is 193 Å². The van der Waals surface area contributed by atoms with Crippen LogP contribution in [0.5, 0.6) is 0 Å². The predicted octanol–water partition coefficient (Wildman–Crippen LogP) is 12.5. The van der Waals surface area contributed by atoms with Crippen molar-refractivity contribution >= 4 is 25.7 Å². The van der Waals surface area contributed by atoms with Gasteiger partial charge in [-0.25, -0.2) is 4.57 Å². The second-order valence-electron chi connectivity index (χ2n) is 29.5. The van der Waals surface area contributed by atoms with E-state index in [-0.39, 0.29) is 19.3 Å². The predicted molar refractivity (Wildman–Crippen MR) is 389 cm³/mol. The molecule has 18 unspecified atom stereocenters. The smallest absolute Gasteiger partial charge is 0.463 e. The molecule has 0 aromatic carbocycles. The van der Waals surface area contributed by atoms with Crippen molar-refractivity contribution in [2.75, 3.05) is 26.4 Å². The van der Waals surface area contributed by atoms with Crippen molar-refractivity contribution in [3.63, 3.8) is 0 Å². The third-order valence-corrected chi connectivity index (χ3v) is 21.4. The maximum Gasteiger partial charge on any atom is 0.472 e. The van der Waals surface area contributed by atoms with Crippen LogP contribution in [0.2, 0.25) is 0 Å². The van der Waals surface area contributed by atoms with Crippen molar-refractivity contribution in [3.05, 3.63) is 0 Å². The summed E-state index contributed by atoms with van der Waals surface area (Å²) < 4.78 is 65.2. The third-order valence-electron chi connectivity index (χ3n) is 20.4. The van der Waals surface area contributed by atoms with E-state index in [4.69, 9.17) is 42.2 Å². The Balaban J connectivity index is 1.69. The average molecular weight is 1490 g/mol. The van der Waals surface area contributed by atoms with Crippen LogP contribution in [0.15, 0.2) is 0 Å². The highest BCUT2D eigenvalue weighted by Crippen LogP contribution is 2.49. The van der Waals surface area contributed by atoms with Gasteiger partial charge in [0, 0.05) is 19.3 Å². The molecule has 3 fully saturated rings. The number of carbonyl (C=O) groups excluding carboxylic acids is 3. The number of esters is 3. The minimum absolute atomic E-state index is 0.0327. The zero-order valence-corrected chi connectivity index (χ0v) is 64.1. The Bertz CT molecular complexity index is 2100. The molecule has 11 N–H and O–H groups in total. The van der Waals surface area contributed by atoms with Crippen molar-refractivity contribution in [2.24, 2.45) is 0 Å². The summed E-state index contributed by atoms with van der Waals surface area (Å²) in [6.45, 7) is 3.51. The molecule has 24 nitrogen and oxygen atoms in total. The Morgan fingerprint density at radius 3 is 0.961 bits per heavy atom. The molecular weight excluding hydrogens is 1340 g/mol. The molecule has 0 aromatic heterocycles. The molecule has 0 radical (unpaired) electrons. The molecular formula is C77H145O24P. The van der Waals surface area contributed by atoms with Crippen LogP contribution in [-0.4, -0.2) is 204 Å². The molecule has 1 aliphatic carbocycles. The first-order chi connectivity index (χ1) is 49.3. The van der Waals surface area contributed by atoms with E-state index >= 15 is 0 Å². The number of aliphatic hydroxyl groups excluding tert-OH is 10. The number of hydrogen-bond acceptors (Lipinski definition) is 23. The molecule has 2 saturated heterocycles. The van der Waals surface area contributed by atoms with Gasteiger partial charge in [0.2, 0.25) is 0 Å². The van der Waals surface area contributed by atoms with Crippen LogP contribution in [0.4, 0.5) is 0 Å². The van der Waals surface area contributed by atoms with Gasteiger partial charge in [-0.15, -0.1) is 0 Å². The Morgan fingerprint density at radius 1 is 0.343 bits per heavy atom. The SMILES string of the molecule is CCCCCCCCCCCCCCCCCCCC(=O)OCC1OC(OC2C(O)C(O)C(O)C(OC3OC(CO)C(O)C(O)C3O)C2OP(=O)(O)OCC(COC(=O)CCCCCCCCCCCCCCCCC)OC(=O)CCCCCCCCCCCCCCCCC)C(O)C(O)C1O. The van der Waals surface area contributed by atoms with Gasteiger partial charge >= 0.3 is 25.7 Å². The van der Waals surface area contributed by atoms with Crippen LogP contribution >= 0.6 is 7.82 Å². The molecule has 0 spiro atoms. The molecule has 102 heavy (non-hydrogen) atoms. The largest absolute Gasteiger partial charge is 0.472 e. The Labute approximate surface area is 612 Å². The number of hydrogen-bond donors (Lipinski definition) is 11. The van der Waals surface area contributed by atoms with Gasteiger partial charge in [0.25, 0.3) is 0 Å². The summed E-state index contributed by atoms with van der Waals surface area (Å²) in [5.74, 6) is -1.97. The third kappa shape index (κ3) is 41.0. The topological polar surface area (TPSA) is 374 Å². The molecule has 3 rings (SSSR count). The number of aliphatic hydroxyl groups is 10. The van der Waals surface area contributed by atoms with Gasteiger partial charge in [0.1, 0.15) is 98.7 Å². The maximum atomic E-state index is 14.4. The van der Waals surface area contributed by atoms with Crippen molar-refractivity contribution in [1.82, 2.24) is 0 Å². The number of phosphoric acid groups is 1. The Morgan fingerprint density at radius 2 is 0.627 bits per heavy atom. The molecule has 2 heterocycles. The highest BCUT2D eigenvalue weighted by Gasteiger charge is 2.58. The lowest BCUT2D eigenvalue weighted by Crippen LogP contribution is -2.69. The quantitative estimate of drug-likeness (QED) is 0.0117. The van der Waals surface area contributed by atoms with E-state index in [0.717, 1.165) is 89.9 Å². The second kappa shape index (κ2) is 58.9. The van der Waals surface area contributed by atoms with Gasteiger partial charge in [-0.3, -0.25) is 23.4 Å². The summed E-state index contributed by atoms with van der Waals surface area (Å²) >= 11 is 0. The van der Waals surface area contributed by atoms with Crippen molar-refractivity contribution in [3.8, 4) is 0 Å². The molecule has 18 atom stereocenters. The lowest BCUT2D eigenvalue weighted by molar-refractivity contribution is -0.360. The minimum atomic E-state index is -5.69. The van der Waals surface area contributed by atoms with E-state index < -0.39 is 156 Å². The molecule has 602 valence electrons. The number of rotatable bonds is 65. The normalized spacial score (nSPS) is 27.0. The number of unbranched alkanes of at least 4 members (excludes halogenated alkanes) is 44. The van der Waals surface area contributed by atoms with Crippen molar-refractivity contribution in [2.45, 2.75) is 446 Å². The zero-order valence-electron chi connectivity index (χ0n) is 63.2. The number of phosphoric ester groups is 1. The minimum Gasteiger partial charge on any atom is -0.463 e. The first kappa shape index (κ1) is 94.2. The van der Waals surface area contributed by atoms with Crippen LogP contribution in [0.1, 0.15) is 342 Å². The number of ether oxygens (including phenoxy) is 7. The fraction of sp³-hybridized carbons (Fsp3) is 0.961. The van der Waals surface area contributed by atoms with E-state index in [2.05, 4.69) is 20.8 Å². The maximum absolute atomic E-state index is 14.4. The monoisotopic (exact) mass is 1480 g/mol. The standard InChI is InChI=1S/C77H145O24P/c1-4-7-10-13-16-19-22-25-28-29-32-34-37-40-43-46-49-52-62(80)94-57-60-65(83)67(85)72(90)77(98-60)100-74-70(88)68(86)69(87)73(99-76-71(89)66(84)64(82)59(54-78)97-76)75(74)101-102(91,92)95-56-58(96-63(81)53-50-47-44-41-38-35-31-27-24-21-18-15-12-9-6-3)55-93-61(79)51-48-45-42-39-36-33-30-26-23-20-17-14-11-8-5-2/h58-60,64-78,82-90H,4-57H2,1-3H3,(H,91,92). The van der Waals surface area contributed by atoms with Crippen LogP contribution in [0, 0.1) is 0 Å². The van der Waals surface area contributed by atoms with Gasteiger partial charge < -0.3 is 89.1 Å². The summed E-state index contributed by atoms with van der Waals surface area (Å²) in [5.41, 5.74) is 0. The second-order valence-corrected chi connectivity index (χ2v) is 30.9. The molecule has 0 amide bonds. The fourth-order valence-corrected chi connectivity index (χ4v) is 14.7. The molecule has 0 bridgehead atoms. The van der Waals surface area contributed by atoms with Gasteiger partial charge in [-0.1, -0.05) is 303 Å². The van der Waals surface area contributed by atoms with Crippen molar-refractivity contribution < 1.29 is 117 Å². The van der Waals surface area contributed by atoms with Crippen LogP contribution < -0.4 is 0 Å². The highest BCUT2D eigenvalue weighted by molar-refractivity contribution is 7.47. The van der Waals surface area contributed by atoms with E-state index in [1.807, 2.05) is 0 Å². The van der Waals surface area contributed by atoms with E-state index in [9.17, 15) is 74.9 Å². The van der Waals surface area contributed by atoms with Crippen LogP contribution in [0.3, 0.4) is 0 Å². The average Bonchev–Trinajstić information content (AvgIpc) is 0.761. The highest BCUT2D eigenvalue weighted by atomic mass is 31.2. The van der Waals surface area contributed by atoms with E-state index in [0.29, 0.717) is 19.3 Å². The lowest BCUT2D eigenvalue weighted by Gasteiger charge is -2.49. The van der Waals surface area contributed by atoms with Gasteiger partial charge in [-0.2, -0.15) is 0 Å². The molecule has 3 aliphatic rings. The lowest BCUT2D eigenvalue weighted by atomic mass is 9.84. The first-order valence-corrected chi connectivity index (χ1v) is 42.3. The molecule has 0 aromatic rings. The first-order valence-electron chi connectivity index (χ1n) is 40.8. The fourth-order valence-electron chi connectivity index (χ4n) is 13.8. The van der Waals surface area contributed by atoms with Gasteiger partial charge in [0.15, 0.2) is 18.7 Å². The molecule has 2 aliphatic heterocycles. The molecule has 25 heteroatoms. The summed E-state index contributed by atoms with van der Waals surface area (Å²) in [6, 6.07) is 0. The van der Waals surface area contributed by atoms with Crippen molar-refractivity contribution in [1.29, 1.82) is 0 Å². The summed E-state index contributed by atoms with van der Waals surface area (Å²) in [7, 11) is -5.69. The van der Waals surface area contributed by atoms with Crippen LogP contribution in [0.25, 0.3) is 0 Å². The van der Waals surface area contributed by atoms with E-state index in [1.54, 1.807) is 0 Å². The Hall–Kier alpha value is -2.04. The summed E-state index contributed by atoms with van der Waals surface area (Å²) in [4.78, 5) is 51.2. The summed E-state index contributed by atoms with van der Waals surface area (Å²) in [5, 5.41) is 110. The zero-order chi connectivity index (χ0) is 74.6. The Kier molecular flexibility index (Phi) is 54.4. The molecule has 1 saturated carbocycles.